The lowest BCUT2D eigenvalue weighted by Gasteiger charge is -2.14. The van der Waals surface area contributed by atoms with Crippen molar-refractivity contribution in [3.05, 3.63) is 95.4 Å². The lowest BCUT2D eigenvalue weighted by molar-refractivity contribution is 0.222. The van der Waals surface area contributed by atoms with Gasteiger partial charge in [-0.15, -0.1) is 23.1 Å². The van der Waals surface area contributed by atoms with Gasteiger partial charge in [-0.25, -0.2) is 13.4 Å². The number of aliphatic hydroxyl groups excluding tert-OH is 1. The van der Waals surface area contributed by atoms with Crippen LogP contribution in [-0.2, 0) is 15.6 Å². The Morgan fingerprint density at radius 1 is 1.03 bits per heavy atom. The number of sulfone groups is 1. The Hall–Kier alpha value is -2.96. The highest BCUT2D eigenvalue weighted by atomic mass is 32.2. The van der Waals surface area contributed by atoms with Crippen molar-refractivity contribution >= 4 is 32.9 Å². The van der Waals surface area contributed by atoms with Crippen molar-refractivity contribution in [3.8, 4) is 27.8 Å². The van der Waals surface area contributed by atoms with Crippen LogP contribution in [0.3, 0.4) is 0 Å². The van der Waals surface area contributed by atoms with E-state index in [2.05, 4.69) is 6.07 Å². The Morgan fingerprint density at radius 2 is 1.74 bits per heavy atom. The van der Waals surface area contributed by atoms with Gasteiger partial charge in [0.1, 0.15) is 11.1 Å². The van der Waals surface area contributed by atoms with E-state index in [1.165, 1.54) is 11.8 Å². The zero-order chi connectivity index (χ0) is 24.0. The van der Waals surface area contributed by atoms with Crippen LogP contribution in [0.25, 0.3) is 21.7 Å². The number of hydrogen-bond donors (Lipinski definition) is 1. The van der Waals surface area contributed by atoms with Gasteiger partial charge >= 0.3 is 0 Å². The summed E-state index contributed by atoms with van der Waals surface area (Å²) in [6.45, 7) is 0. The molecule has 0 aliphatic rings. The molecule has 0 fully saturated rings. The Bertz CT molecular complexity index is 1380. The quantitative estimate of drug-likeness (QED) is 0.305. The summed E-state index contributed by atoms with van der Waals surface area (Å²) in [4.78, 5) is 5.67. The average Bonchev–Trinajstić information content (AvgIpc) is 3.38. The number of benzene rings is 2. The Balaban J connectivity index is 1.57. The lowest BCUT2D eigenvalue weighted by Crippen LogP contribution is -2.24. The van der Waals surface area contributed by atoms with E-state index in [0.29, 0.717) is 16.2 Å². The smallest absolute Gasteiger partial charge is 0.157 e. The van der Waals surface area contributed by atoms with Crippen LogP contribution < -0.4 is 0 Å². The highest BCUT2D eigenvalue weighted by Crippen LogP contribution is 2.35. The van der Waals surface area contributed by atoms with Crippen LogP contribution in [0.5, 0.6) is 0 Å². The summed E-state index contributed by atoms with van der Waals surface area (Å²) in [5, 5.41) is 22.9. The van der Waals surface area contributed by atoms with E-state index < -0.39 is 15.9 Å². The Kier molecular flexibility index (Phi) is 7.80. The highest BCUT2D eigenvalue weighted by molar-refractivity contribution is 7.99. The first-order valence-corrected chi connectivity index (χ1v) is 14.2. The molecule has 0 aliphatic carbocycles. The summed E-state index contributed by atoms with van der Waals surface area (Å²) in [5.41, 5.74) is 3.49. The third-order valence-corrected chi connectivity index (χ3v) is 8.72. The second-order valence-corrected chi connectivity index (χ2v) is 11.8. The van der Waals surface area contributed by atoms with Gasteiger partial charge in [0.25, 0.3) is 0 Å². The summed E-state index contributed by atoms with van der Waals surface area (Å²) in [6, 6.07) is 26.6. The molecular formula is C26H22N2O3S3. The van der Waals surface area contributed by atoms with Crippen molar-refractivity contribution < 1.29 is 13.5 Å². The molecular weight excluding hydrogens is 484 g/mol. The predicted molar refractivity (Wildman–Crippen MR) is 138 cm³/mol. The number of nitriles is 1. The molecule has 172 valence electrons. The topological polar surface area (TPSA) is 91.0 Å². The van der Waals surface area contributed by atoms with E-state index in [0.717, 1.165) is 21.7 Å². The highest BCUT2D eigenvalue weighted by Gasteiger charge is 2.21. The van der Waals surface area contributed by atoms with Gasteiger partial charge in [0.05, 0.1) is 33.7 Å². The number of nitrogens with zero attached hydrogens (tertiary/aromatic N) is 2. The molecule has 2 heterocycles. The van der Waals surface area contributed by atoms with Crippen molar-refractivity contribution in [1.29, 1.82) is 5.26 Å². The van der Waals surface area contributed by atoms with Gasteiger partial charge in [-0.1, -0.05) is 66.7 Å². The SMILES string of the molecule is N#Cc1c(-c2ccccc2)cc(-c2cccs2)nc1SC[C@@H](O)CS(=O)(=O)Cc1ccccc1. The van der Waals surface area contributed by atoms with E-state index in [9.17, 15) is 18.8 Å². The number of rotatable bonds is 9. The van der Waals surface area contributed by atoms with E-state index in [1.54, 1.807) is 35.6 Å². The van der Waals surface area contributed by atoms with Crippen molar-refractivity contribution in [1.82, 2.24) is 4.98 Å². The van der Waals surface area contributed by atoms with Crippen LogP contribution >= 0.6 is 23.1 Å². The van der Waals surface area contributed by atoms with Crippen LogP contribution in [-0.4, -0.2) is 36.1 Å². The molecule has 0 saturated heterocycles. The van der Waals surface area contributed by atoms with Crippen molar-refractivity contribution in [2.24, 2.45) is 0 Å². The van der Waals surface area contributed by atoms with Gasteiger partial charge < -0.3 is 5.11 Å². The van der Waals surface area contributed by atoms with E-state index in [-0.39, 0.29) is 17.3 Å². The average molecular weight is 507 g/mol. The van der Waals surface area contributed by atoms with Gasteiger partial charge in [-0.3, -0.25) is 0 Å². The lowest BCUT2D eigenvalue weighted by atomic mass is 10.0. The van der Waals surface area contributed by atoms with Crippen molar-refractivity contribution in [3.63, 3.8) is 0 Å². The second kappa shape index (κ2) is 11.0. The standard InChI is InChI=1S/C26H22N2O3S3/c27-15-23-22(20-10-5-2-6-11-20)14-24(25-12-7-13-32-25)28-26(23)33-16-21(29)18-34(30,31)17-19-8-3-1-4-9-19/h1-14,21,29H,16-18H2/t21-/m1/s1. The molecule has 8 heteroatoms. The molecule has 4 rings (SSSR count). The van der Waals surface area contributed by atoms with Crippen LogP contribution in [0.15, 0.2) is 89.3 Å². The zero-order valence-corrected chi connectivity index (χ0v) is 20.6. The molecule has 0 amide bonds. The number of aliphatic hydroxyl groups is 1. The molecule has 0 bridgehead atoms. The fourth-order valence-corrected chi connectivity index (χ4v) is 6.82. The van der Waals surface area contributed by atoms with Crippen molar-refractivity contribution in [2.45, 2.75) is 16.9 Å². The van der Waals surface area contributed by atoms with Crippen LogP contribution in [0.4, 0.5) is 0 Å². The second-order valence-electron chi connectivity index (χ2n) is 7.70. The monoisotopic (exact) mass is 506 g/mol. The van der Waals surface area contributed by atoms with Crippen molar-refractivity contribution in [2.75, 3.05) is 11.5 Å². The molecule has 0 saturated carbocycles. The van der Waals surface area contributed by atoms with Gasteiger partial charge in [-0.2, -0.15) is 5.26 Å². The predicted octanol–water partition coefficient (Wildman–Crippen LogP) is 5.42. The first-order valence-electron chi connectivity index (χ1n) is 10.5. The molecule has 34 heavy (non-hydrogen) atoms. The summed E-state index contributed by atoms with van der Waals surface area (Å²) in [5.74, 6) is -0.367. The fourth-order valence-electron chi connectivity index (χ4n) is 3.53. The maximum atomic E-state index is 12.6. The van der Waals surface area contributed by atoms with E-state index in [1.807, 2.05) is 60.0 Å². The maximum absolute atomic E-state index is 12.6. The molecule has 0 unspecified atom stereocenters. The number of hydrogen-bond acceptors (Lipinski definition) is 7. The van der Waals surface area contributed by atoms with Gasteiger partial charge in [0.2, 0.25) is 0 Å². The molecule has 2 aromatic carbocycles. The van der Waals surface area contributed by atoms with Gasteiger partial charge in [0, 0.05) is 11.3 Å². The summed E-state index contributed by atoms with van der Waals surface area (Å²) < 4.78 is 25.1. The molecule has 1 N–H and O–H groups in total. The minimum atomic E-state index is -3.50. The van der Waals surface area contributed by atoms with Gasteiger partial charge in [-0.05, 0) is 28.6 Å². The van der Waals surface area contributed by atoms with Crippen LogP contribution in [0.1, 0.15) is 11.1 Å². The maximum Gasteiger partial charge on any atom is 0.157 e. The first-order chi connectivity index (χ1) is 16.4. The molecule has 4 aromatic rings. The fraction of sp³-hybridized carbons (Fsp3) is 0.154. The largest absolute Gasteiger partial charge is 0.391 e. The zero-order valence-electron chi connectivity index (χ0n) is 18.2. The molecule has 0 spiro atoms. The summed E-state index contributed by atoms with van der Waals surface area (Å²) >= 11 is 2.76. The van der Waals surface area contributed by atoms with Crippen LogP contribution in [0, 0.1) is 11.3 Å². The minimum absolute atomic E-state index is 0.109. The molecule has 0 radical (unpaired) electrons. The first kappa shape index (κ1) is 24.2. The van der Waals surface area contributed by atoms with E-state index in [4.69, 9.17) is 4.98 Å². The number of thiophene rings is 1. The Morgan fingerprint density at radius 3 is 2.38 bits per heavy atom. The summed E-state index contributed by atoms with van der Waals surface area (Å²) in [6.07, 6.45) is -1.09. The molecule has 0 aliphatic heterocycles. The molecule has 2 aromatic heterocycles. The number of thioether (sulfide) groups is 1. The minimum Gasteiger partial charge on any atom is -0.391 e. The molecule has 5 nitrogen and oxygen atoms in total. The van der Waals surface area contributed by atoms with Gasteiger partial charge in [0.15, 0.2) is 9.84 Å². The van der Waals surface area contributed by atoms with E-state index >= 15 is 0 Å². The Labute approximate surface area is 207 Å². The summed E-state index contributed by atoms with van der Waals surface area (Å²) in [7, 11) is -3.50. The third-order valence-electron chi connectivity index (χ3n) is 5.04. The normalized spacial score (nSPS) is 12.2. The number of aromatic nitrogens is 1. The third kappa shape index (κ3) is 6.13. The van der Waals surface area contributed by atoms with Crippen LogP contribution in [0.2, 0.25) is 0 Å². The number of pyridine rings is 1. The molecule has 1 atom stereocenters.